The highest BCUT2D eigenvalue weighted by Crippen LogP contribution is 2.23. The third-order valence-electron chi connectivity index (χ3n) is 3.33. The van der Waals surface area contributed by atoms with Gasteiger partial charge in [0.1, 0.15) is 0 Å². The minimum absolute atomic E-state index is 0.269. The highest BCUT2D eigenvalue weighted by atomic mass is 32.2. The molecule has 0 atom stereocenters. The second-order valence-electron chi connectivity index (χ2n) is 4.79. The van der Waals surface area contributed by atoms with Crippen molar-refractivity contribution in [1.29, 1.82) is 0 Å². The Morgan fingerprint density at radius 3 is 2.50 bits per heavy atom. The van der Waals surface area contributed by atoms with Gasteiger partial charge in [0, 0.05) is 25.3 Å². The molecule has 1 aromatic rings. The summed E-state index contributed by atoms with van der Waals surface area (Å²) < 4.78 is 22.8. The molecule has 0 unspecified atom stereocenters. The van der Waals surface area contributed by atoms with Crippen LogP contribution in [0.15, 0.2) is 18.2 Å². The smallest absolute Gasteiger partial charge is 0.153 e. The molecule has 100 valence electrons. The van der Waals surface area contributed by atoms with Crippen molar-refractivity contribution in [3.05, 3.63) is 29.3 Å². The van der Waals surface area contributed by atoms with Crippen LogP contribution >= 0.6 is 0 Å². The first kappa shape index (κ1) is 13.4. The molecule has 1 aliphatic rings. The molecule has 1 aromatic carbocycles. The fraction of sp³-hybridized carbons (Fsp3) is 0.538. The molecule has 1 heterocycles. The van der Waals surface area contributed by atoms with Gasteiger partial charge in [-0.25, -0.2) is 8.42 Å². The van der Waals surface area contributed by atoms with Crippen LogP contribution in [0.5, 0.6) is 0 Å². The summed E-state index contributed by atoms with van der Waals surface area (Å²) in [5, 5.41) is 3.13. The predicted molar refractivity (Wildman–Crippen MR) is 74.8 cm³/mol. The Morgan fingerprint density at radius 2 is 1.94 bits per heavy atom. The van der Waals surface area contributed by atoms with E-state index >= 15 is 0 Å². The average Bonchev–Trinajstić information content (AvgIpc) is 2.31. The molecule has 18 heavy (non-hydrogen) atoms. The molecule has 1 aliphatic heterocycles. The minimum Gasteiger partial charge on any atom is -0.369 e. The van der Waals surface area contributed by atoms with Gasteiger partial charge in [-0.15, -0.1) is 0 Å². The number of sulfone groups is 1. The third kappa shape index (κ3) is 3.03. The van der Waals surface area contributed by atoms with Crippen LogP contribution in [0.2, 0.25) is 0 Å². The molecule has 1 N–H and O–H groups in total. The highest BCUT2D eigenvalue weighted by molar-refractivity contribution is 7.91. The minimum atomic E-state index is -2.80. The van der Waals surface area contributed by atoms with E-state index in [0.717, 1.165) is 12.2 Å². The van der Waals surface area contributed by atoms with Gasteiger partial charge in [0.25, 0.3) is 0 Å². The van der Waals surface area contributed by atoms with Gasteiger partial charge in [0.15, 0.2) is 9.84 Å². The maximum absolute atomic E-state index is 11.4. The molecule has 0 spiro atoms. The van der Waals surface area contributed by atoms with Crippen molar-refractivity contribution in [2.45, 2.75) is 13.5 Å². The maximum Gasteiger partial charge on any atom is 0.153 e. The summed E-state index contributed by atoms with van der Waals surface area (Å²) in [7, 11) is -0.876. The second-order valence-corrected chi connectivity index (χ2v) is 7.09. The van der Waals surface area contributed by atoms with E-state index in [1.165, 1.54) is 11.1 Å². The molecule has 1 fully saturated rings. The molecule has 0 aliphatic carbocycles. The molecule has 0 amide bonds. The van der Waals surface area contributed by atoms with Crippen LogP contribution < -0.4 is 10.2 Å². The topological polar surface area (TPSA) is 49.4 Å². The van der Waals surface area contributed by atoms with Crippen LogP contribution in [-0.4, -0.2) is 40.1 Å². The zero-order chi connectivity index (χ0) is 13.2. The lowest BCUT2D eigenvalue weighted by molar-refractivity contribution is 0.586. The van der Waals surface area contributed by atoms with E-state index in [0.29, 0.717) is 13.1 Å². The van der Waals surface area contributed by atoms with Gasteiger partial charge in [0.2, 0.25) is 0 Å². The predicted octanol–water partition coefficient (Wildman–Crippen LogP) is 0.949. The van der Waals surface area contributed by atoms with Gasteiger partial charge < -0.3 is 10.2 Å². The largest absolute Gasteiger partial charge is 0.369 e. The van der Waals surface area contributed by atoms with Crippen molar-refractivity contribution in [3.8, 4) is 0 Å². The SMILES string of the molecule is CNCc1ccc(N2CCS(=O)(=O)CC2)c(C)c1. The number of nitrogens with one attached hydrogen (secondary N) is 1. The van der Waals surface area contributed by atoms with Crippen molar-refractivity contribution in [2.24, 2.45) is 0 Å². The lowest BCUT2D eigenvalue weighted by Gasteiger charge is -2.30. The molecular formula is C13H20N2O2S. The van der Waals surface area contributed by atoms with Gasteiger partial charge in [-0.3, -0.25) is 0 Å². The lowest BCUT2D eigenvalue weighted by atomic mass is 10.1. The van der Waals surface area contributed by atoms with Crippen LogP contribution in [0, 0.1) is 6.92 Å². The van der Waals surface area contributed by atoms with Crippen molar-refractivity contribution in [1.82, 2.24) is 5.32 Å². The van der Waals surface area contributed by atoms with Crippen molar-refractivity contribution < 1.29 is 8.42 Å². The average molecular weight is 268 g/mol. The van der Waals surface area contributed by atoms with E-state index in [-0.39, 0.29) is 11.5 Å². The summed E-state index contributed by atoms with van der Waals surface area (Å²) >= 11 is 0. The Hall–Kier alpha value is -1.07. The number of rotatable bonds is 3. The Labute approximate surface area is 109 Å². The van der Waals surface area contributed by atoms with E-state index in [1.54, 1.807) is 0 Å². The van der Waals surface area contributed by atoms with E-state index in [4.69, 9.17) is 0 Å². The quantitative estimate of drug-likeness (QED) is 0.887. The van der Waals surface area contributed by atoms with Gasteiger partial charge >= 0.3 is 0 Å². The first-order valence-corrected chi connectivity index (χ1v) is 8.03. The van der Waals surface area contributed by atoms with E-state index in [2.05, 4.69) is 35.3 Å². The van der Waals surface area contributed by atoms with Crippen molar-refractivity contribution in [3.63, 3.8) is 0 Å². The first-order chi connectivity index (χ1) is 8.52. The Balaban J connectivity index is 2.14. The zero-order valence-electron chi connectivity index (χ0n) is 10.9. The first-order valence-electron chi connectivity index (χ1n) is 6.21. The van der Waals surface area contributed by atoms with Crippen molar-refractivity contribution >= 4 is 15.5 Å². The molecule has 4 nitrogen and oxygen atoms in total. The maximum atomic E-state index is 11.4. The van der Waals surface area contributed by atoms with Gasteiger partial charge in [0.05, 0.1) is 11.5 Å². The molecule has 1 saturated heterocycles. The second kappa shape index (κ2) is 5.28. The summed E-state index contributed by atoms with van der Waals surface area (Å²) in [5.41, 5.74) is 3.62. The van der Waals surface area contributed by atoms with Gasteiger partial charge in [-0.05, 0) is 31.2 Å². The van der Waals surface area contributed by atoms with Crippen LogP contribution in [-0.2, 0) is 16.4 Å². The van der Waals surface area contributed by atoms with Gasteiger partial charge in [-0.2, -0.15) is 0 Å². The van der Waals surface area contributed by atoms with Crippen LogP contribution in [0.4, 0.5) is 5.69 Å². The number of anilines is 1. The number of aryl methyl sites for hydroxylation is 1. The van der Waals surface area contributed by atoms with Crippen LogP contribution in [0.3, 0.4) is 0 Å². The fourth-order valence-electron chi connectivity index (χ4n) is 2.34. The zero-order valence-corrected chi connectivity index (χ0v) is 11.8. The summed E-state index contributed by atoms with van der Waals surface area (Å²) in [6.45, 7) is 4.15. The summed E-state index contributed by atoms with van der Waals surface area (Å²) in [4.78, 5) is 2.17. The van der Waals surface area contributed by atoms with Crippen LogP contribution in [0.25, 0.3) is 0 Å². The summed E-state index contributed by atoms with van der Waals surface area (Å²) in [6, 6.07) is 6.36. The molecule has 0 aromatic heterocycles. The molecule has 0 saturated carbocycles. The van der Waals surface area contributed by atoms with E-state index in [1.807, 2.05) is 7.05 Å². The fourth-order valence-corrected chi connectivity index (χ4v) is 3.54. The molecular weight excluding hydrogens is 248 g/mol. The summed E-state index contributed by atoms with van der Waals surface area (Å²) in [6.07, 6.45) is 0. The lowest BCUT2D eigenvalue weighted by Crippen LogP contribution is -2.40. The third-order valence-corrected chi connectivity index (χ3v) is 4.94. The number of benzene rings is 1. The highest BCUT2D eigenvalue weighted by Gasteiger charge is 2.22. The monoisotopic (exact) mass is 268 g/mol. The van der Waals surface area contributed by atoms with Crippen LogP contribution in [0.1, 0.15) is 11.1 Å². The van der Waals surface area contributed by atoms with Crippen molar-refractivity contribution in [2.75, 3.05) is 36.5 Å². The summed E-state index contributed by atoms with van der Waals surface area (Å²) in [5.74, 6) is 0.537. The Kier molecular flexibility index (Phi) is 3.92. The number of hydrogen-bond donors (Lipinski definition) is 1. The normalized spacial score (nSPS) is 18.9. The number of hydrogen-bond acceptors (Lipinski definition) is 4. The number of nitrogens with zero attached hydrogens (tertiary/aromatic N) is 1. The van der Waals surface area contributed by atoms with E-state index in [9.17, 15) is 8.42 Å². The molecule has 0 radical (unpaired) electrons. The van der Waals surface area contributed by atoms with E-state index < -0.39 is 9.84 Å². The molecule has 5 heteroatoms. The standard InChI is InChI=1S/C13H20N2O2S/c1-11-9-12(10-14-2)3-4-13(11)15-5-7-18(16,17)8-6-15/h3-4,9,14H,5-8,10H2,1-2H3. The molecule has 0 bridgehead atoms. The molecule has 2 rings (SSSR count). The Bertz CT molecular complexity index is 512. The Morgan fingerprint density at radius 1 is 1.28 bits per heavy atom. The van der Waals surface area contributed by atoms with Gasteiger partial charge in [-0.1, -0.05) is 12.1 Å².